The zero-order valence-corrected chi connectivity index (χ0v) is 16.6. The van der Waals surface area contributed by atoms with Gasteiger partial charge in [-0.3, -0.25) is 14.5 Å². The fourth-order valence-corrected chi connectivity index (χ4v) is 4.42. The molecule has 0 radical (unpaired) electrons. The van der Waals surface area contributed by atoms with Crippen molar-refractivity contribution in [2.75, 3.05) is 16.0 Å². The summed E-state index contributed by atoms with van der Waals surface area (Å²) in [5.41, 5.74) is 3.70. The lowest BCUT2D eigenvalue weighted by Crippen LogP contribution is -2.27. The zero-order chi connectivity index (χ0) is 20.4. The van der Waals surface area contributed by atoms with Crippen LogP contribution in [0, 0.1) is 12.7 Å². The molecular weight excluding hydrogens is 387 g/mol. The molecule has 0 unspecified atom stereocenters. The fraction of sp³-hybridized carbons (Fsp3) is 0.130. The van der Waals surface area contributed by atoms with E-state index in [-0.39, 0.29) is 23.0 Å². The van der Waals surface area contributed by atoms with E-state index in [0.29, 0.717) is 22.7 Å². The molecule has 29 heavy (non-hydrogen) atoms. The second kappa shape index (κ2) is 8.09. The number of rotatable bonds is 4. The van der Waals surface area contributed by atoms with Gasteiger partial charge in [0.15, 0.2) is 0 Å². The largest absolute Gasteiger partial charge is 0.322 e. The van der Waals surface area contributed by atoms with Crippen LogP contribution < -0.4 is 10.2 Å². The minimum absolute atomic E-state index is 0.0697. The number of hydrogen-bond donors (Lipinski definition) is 1. The third kappa shape index (κ3) is 4.17. The van der Waals surface area contributed by atoms with Gasteiger partial charge in [0, 0.05) is 16.9 Å². The number of carbonyl (C=O) groups is 2. The Kier molecular flexibility index (Phi) is 5.36. The smallest absolute Gasteiger partial charge is 0.255 e. The highest BCUT2D eigenvalue weighted by Crippen LogP contribution is 2.42. The first-order valence-corrected chi connectivity index (χ1v) is 10.2. The maximum absolute atomic E-state index is 13.7. The minimum Gasteiger partial charge on any atom is -0.322 e. The second-order valence-electron chi connectivity index (χ2n) is 6.85. The molecule has 1 fully saturated rings. The van der Waals surface area contributed by atoms with Crippen LogP contribution in [0.15, 0.2) is 72.8 Å². The number of carbonyl (C=O) groups excluding carboxylic acids is 2. The Labute approximate surface area is 172 Å². The molecule has 1 heterocycles. The van der Waals surface area contributed by atoms with E-state index < -0.39 is 0 Å². The summed E-state index contributed by atoms with van der Waals surface area (Å²) in [5, 5.41) is 2.63. The molecule has 3 aromatic rings. The van der Waals surface area contributed by atoms with Crippen LogP contribution in [0.1, 0.15) is 26.9 Å². The number of nitrogens with zero attached hydrogens (tertiary/aromatic N) is 1. The molecule has 146 valence electrons. The highest BCUT2D eigenvalue weighted by Gasteiger charge is 2.34. The summed E-state index contributed by atoms with van der Waals surface area (Å²) >= 11 is 1.48. The first kappa shape index (κ1) is 19.2. The predicted molar refractivity (Wildman–Crippen MR) is 115 cm³/mol. The van der Waals surface area contributed by atoms with Gasteiger partial charge in [-0.15, -0.1) is 11.8 Å². The van der Waals surface area contributed by atoms with Crippen molar-refractivity contribution in [1.82, 2.24) is 0 Å². The van der Waals surface area contributed by atoms with Crippen LogP contribution in [0.3, 0.4) is 0 Å². The van der Waals surface area contributed by atoms with Crippen LogP contribution in [-0.4, -0.2) is 17.6 Å². The van der Waals surface area contributed by atoms with Gasteiger partial charge in [-0.25, -0.2) is 4.39 Å². The standard InChI is InChI=1S/C23H19FN2O2S/c1-15-8-10-16(11-9-15)22(28)25-19-6-2-4-17(12-19)23-26(21(27)14-29-23)20-7-3-5-18(24)13-20/h2-13,23H,14H2,1H3,(H,25,28)/t23-/m1/s1. The normalized spacial score (nSPS) is 16.1. The first-order chi connectivity index (χ1) is 14.0. The average molecular weight is 406 g/mol. The van der Waals surface area contributed by atoms with Gasteiger partial charge in [-0.05, 0) is 55.0 Å². The lowest BCUT2D eigenvalue weighted by Gasteiger charge is -2.24. The topological polar surface area (TPSA) is 49.4 Å². The molecule has 1 saturated heterocycles. The van der Waals surface area contributed by atoms with Crippen LogP contribution in [0.5, 0.6) is 0 Å². The molecule has 0 saturated carbocycles. The highest BCUT2D eigenvalue weighted by molar-refractivity contribution is 8.00. The summed E-state index contributed by atoms with van der Waals surface area (Å²) < 4.78 is 13.7. The van der Waals surface area contributed by atoms with E-state index in [1.807, 2.05) is 43.3 Å². The summed E-state index contributed by atoms with van der Waals surface area (Å²) in [4.78, 5) is 26.6. The van der Waals surface area contributed by atoms with Gasteiger partial charge < -0.3 is 5.32 Å². The van der Waals surface area contributed by atoms with E-state index in [1.165, 1.54) is 23.9 Å². The zero-order valence-electron chi connectivity index (χ0n) is 15.8. The van der Waals surface area contributed by atoms with Crippen LogP contribution in [0.4, 0.5) is 15.8 Å². The molecule has 3 aromatic carbocycles. The maximum Gasteiger partial charge on any atom is 0.255 e. The van der Waals surface area contributed by atoms with E-state index in [1.54, 1.807) is 29.2 Å². The van der Waals surface area contributed by atoms with E-state index in [4.69, 9.17) is 0 Å². The minimum atomic E-state index is -0.384. The van der Waals surface area contributed by atoms with E-state index in [9.17, 15) is 14.0 Å². The number of aryl methyl sites for hydroxylation is 1. The quantitative estimate of drug-likeness (QED) is 0.651. The van der Waals surface area contributed by atoms with E-state index in [0.717, 1.165) is 11.1 Å². The molecule has 1 aliphatic heterocycles. The summed E-state index contributed by atoms with van der Waals surface area (Å²) in [6.45, 7) is 1.97. The van der Waals surface area contributed by atoms with Gasteiger partial charge >= 0.3 is 0 Å². The molecule has 1 aliphatic rings. The van der Waals surface area contributed by atoms with Crippen LogP contribution in [0.25, 0.3) is 0 Å². The molecule has 6 heteroatoms. The molecule has 0 aliphatic carbocycles. The van der Waals surface area contributed by atoms with Gasteiger partial charge in [0.2, 0.25) is 5.91 Å². The highest BCUT2D eigenvalue weighted by atomic mass is 32.2. The fourth-order valence-electron chi connectivity index (χ4n) is 3.25. The number of hydrogen-bond acceptors (Lipinski definition) is 3. The Morgan fingerprint density at radius 1 is 1.07 bits per heavy atom. The Morgan fingerprint density at radius 2 is 1.83 bits per heavy atom. The summed E-state index contributed by atoms with van der Waals surface area (Å²) in [5.74, 6) is -0.328. The average Bonchev–Trinajstić information content (AvgIpc) is 3.10. The second-order valence-corrected chi connectivity index (χ2v) is 7.92. The molecule has 0 aromatic heterocycles. The SMILES string of the molecule is Cc1ccc(C(=O)Nc2cccc([C@H]3SCC(=O)N3c3cccc(F)c3)c2)cc1. The van der Waals surface area contributed by atoms with Gasteiger partial charge in [0.1, 0.15) is 11.2 Å². The number of thioether (sulfide) groups is 1. The van der Waals surface area contributed by atoms with Crippen molar-refractivity contribution in [3.63, 3.8) is 0 Å². The Hall–Kier alpha value is -3.12. The van der Waals surface area contributed by atoms with Crippen molar-refractivity contribution in [1.29, 1.82) is 0 Å². The van der Waals surface area contributed by atoms with Crippen LogP contribution in [0.2, 0.25) is 0 Å². The molecule has 2 amide bonds. The first-order valence-electron chi connectivity index (χ1n) is 9.18. The van der Waals surface area contributed by atoms with Gasteiger partial charge in [0.05, 0.1) is 5.75 Å². The Morgan fingerprint density at radius 3 is 2.59 bits per heavy atom. The van der Waals surface area contributed by atoms with Gasteiger partial charge in [-0.2, -0.15) is 0 Å². The monoisotopic (exact) mass is 406 g/mol. The van der Waals surface area contributed by atoms with Crippen molar-refractivity contribution in [3.8, 4) is 0 Å². The Balaban J connectivity index is 1.58. The lowest BCUT2D eigenvalue weighted by atomic mass is 10.1. The lowest BCUT2D eigenvalue weighted by molar-refractivity contribution is -0.115. The van der Waals surface area contributed by atoms with E-state index in [2.05, 4.69) is 5.32 Å². The van der Waals surface area contributed by atoms with Crippen LogP contribution in [-0.2, 0) is 4.79 Å². The van der Waals surface area contributed by atoms with Crippen molar-refractivity contribution in [2.24, 2.45) is 0 Å². The van der Waals surface area contributed by atoms with Crippen molar-refractivity contribution in [3.05, 3.63) is 95.3 Å². The number of amides is 2. The van der Waals surface area contributed by atoms with Crippen LogP contribution >= 0.6 is 11.8 Å². The van der Waals surface area contributed by atoms with Crippen molar-refractivity contribution in [2.45, 2.75) is 12.3 Å². The predicted octanol–water partition coefficient (Wildman–Crippen LogP) is 5.17. The number of benzene rings is 3. The molecule has 1 N–H and O–H groups in total. The molecule has 1 atom stereocenters. The summed E-state index contributed by atoms with van der Waals surface area (Å²) in [6.07, 6.45) is 0. The molecule has 0 bridgehead atoms. The third-order valence-electron chi connectivity index (χ3n) is 4.70. The molecule has 4 nitrogen and oxygen atoms in total. The number of halogens is 1. The van der Waals surface area contributed by atoms with Crippen molar-refractivity contribution >= 4 is 35.0 Å². The third-order valence-corrected chi connectivity index (χ3v) is 5.91. The van der Waals surface area contributed by atoms with Crippen molar-refractivity contribution < 1.29 is 14.0 Å². The molecule has 0 spiro atoms. The van der Waals surface area contributed by atoms with E-state index >= 15 is 0 Å². The number of anilines is 2. The van der Waals surface area contributed by atoms with Gasteiger partial charge in [0.25, 0.3) is 5.91 Å². The summed E-state index contributed by atoms with van der Waals surface area (Å²) in [7, 11) is 0. The van der Waals surface area contributed by atoms with Gasteiger partial charge in [-0.1, -0.05) is 35.9 Å². The number of nitrogens with one attached hydrogen (secondary N) is 1. The Bertz CT molecular complexity index is 1070. The summed E-state index contributed by atoms with van der Waals surface area (Å²) in [6, 6.07) is 20.8. The maximum atomic E-state index is 13.7. The molecule has 4 rings (SSSR count). The molecular formula is C23H19FN2O2S.